The summed E-state index contributed by atoms with van der Waals surface area (Å²) in [7, 11) is -2.77. The first kappa shape index (κ1) is 24.0. The zero-order valence-electron chi connectivity index (χ0n) is 18.1. The predicted molar refractivity (Wildman–Crippen MR) is 113 cm³/mol. The fourth-order valence-electron chi connectivity index (χ4n) is 4.08. The van der Waals surface area contributed by atoms with Crippen LogP contribution in [0.3, 0.4) is 0 Å². The highest BCUT2D eigenvalue weighted by molar-refractivity contribution is 7.89. The number of nitrogens with two attached hydrogens (primary N) is 1. The normalized spacial score (nSPS) is 22.1. The number of anilines is 1. The van der Waals surface area contributed by atoms with Crippen LogP contribution in [-0.2, 0) is 21.9 Å². The number of benzene rings is 1. The second-order valence-electron chi connectivity index (χ2n) is 8.32. The molecule has 3 atom stereocenters. The van der Waals surface area contributed by atoms with Gasteiger partial charge < -0.3 is 25.3 Å². The van der Waals surface area contributed by atoms with Gasteiger partial charge in [-0.15, -0.1) is 0 Å². The van der Waals surface area contributed by atoms with Crippen molar-refractivity contribution in [3.8, 4) is 5.75 Å². The van der Waals surface area contributed by atoms with Crippen molar-refractivity contribution in [2.45, 2.75) is 23.9 Å². The number of aryl methyl sites for hydroxylation is 1. The number of hydrogen-bond donors (Lipinski definition) is 3. The number of nitrogens with one attached hydrogen (secondary N) is 2. The molecule has 2 aliphatic rings. The van der Waals surface area contributed by atoms with E-state index in [9.17, 15) is 31.2 Å². The van der Waals surface area contributed by atoms with Gasteiger partial charge in [-0.1, -0.05) is 0 Å². The van der Waals surface area contributed by atoms with E-state index in [4.69, 9.17) is 10.5 Å². The quantitative estimate of drug-likeness (QED) is 0.526. The summed E-state index contributed by atoms with van der Waals surface area (Å²) in [6, 6.07) is -0.190. The number of fused-ring (bicyclic) bond motifs is 2. The molecule has 0 aliphatic carbocycles. The third kappa shape index (κ3) is 4.23. The number of ether oxygens (including phenoxy) is 1. The highest BCUT2D eigenvalue weighted by atomic mass is 32.2. The molecule has 1 fully saturated rings. The maximum absolute atomic E-state index is 13.5. The number of halogens is 3. The molecule has 4 rings (SSSR count). The van der Waals surface area contributed by atoms with Crippen molar-refractivity contribution in [3.05, 3.63) is 41.5 Å². The van der Waals surface area contributed by atoms with Gasteiger partial charge in [-0.3, -0.25) is 9.59 Å². The van der Waals surface area contributed by atoms with Gasteiger partial charge in [0.05, 0.1) is 12.6 Å². The van der Waals surface area contributed by atoms with Crippen LogP contribution < -0.4 is 20.5 Å². The maximum atomic E-state index is 13.5. The average Bonchev–Trinajstić information content (AvgIpc) is 3.29. The van der Waals surface area contributed by atoms with Crippen molar-refractivity contribution in [3.63, 3.8) is 0 Å². The van der Waals surface area contributed by atoms with E-state index in [1.54, 1.807) is 0 Å². The van der Waals surface area contributed by atoms with Crippen LogP contribution in [0.15, 0.2) is 23.2 Å². The molecule has 3 heterocycles. The van der Waals surface area contributed by atoms with Gasteiger partial charge >= 0.3 is 0 Å². The van der Waals surface area contributed by atoms with Crippen molar-refractivity contribution in [1.82, 2.24) is 14.2 Å². The van der Waals surface area contributed by atoms with E-state index >= 15 is 0 Å². The summed E-state index contributed by atoms with van der Waals surface area (Å²) in [5, 5.41) is 2.22. The molecular formula is C20H22F3N5O5S. The lowest BCUT2D eigenvalue weighted by molar-refractivity contribution is -0.131. The zero-order valence-corrected chi connectivity index (χ0v) is 19.0. The summed E-state index contributed by atoms with van der Waals surface area (Å²) in [5.74, 6) is -6.62. The number of carbonyl (C=O) groups excluding carboxylic acids is 2. The van der Waals surface area contributed by atoms with Crippen LogP contribution in [0.4, 0.5) is 18.9 Å². The Kier molecular flexibility index (Phi) is 6.08. The average molecular weight is 501 g/mol. The monoisotopic (exact) mass is 501 g/mol. The summed E-state index contributed by atoms with van der Waals surface area (Å²) in [4.78, 5) is 26.3. The molecule has 0 radical (unpaired) electrons. The minimum atomic E-state index is -4.17. The number of nitrogens with zero attached hydrogens (tertiary/aromatic N) is 2. The fourth-order valence-corrected chi connectivity index (χ4v) is 5.57. The molecule has 1 unspecified atom stereocenters. The Morgan fingerprint density at radius 1 is 1.24 bits per heavy atom. The molecule has 10 nitrogen and oxygen atoms in total. The van der Waals surface area contributed by atoms with E-state index < -0.39 is 51.4 Å². The Morgan fingerprint density at radius 2 is 1.88 bits per heavy atom. The van der Waals surface area contributed by atoms with Gasteiger partial charge in [-0.05, 0) is 6.92 Å². The van der Waals surface area contributed by atoms with Crippen molar-refractivity contribution in [2.24, 2.45) is 18.7 Å². The maximum Gasteiger partial charge on any atom is 0.276 e. The summed E-state index contributed by atoms with van der Waals surface area (Å²) in [6.07, 6.45) is 1.17. The molecule has 2 aromatic rings. The van der Waals surface area contributed by atoms with Crippen molar-refractivity contribution >= 4 is 27.5 Å². The van der Waals surface area contributed by atoms with Crippen molar-refractivity contribution in [2.75, 3.05) is 25.0 Å². The highest BCUT2D eigenvalue weighted by Gasteiger charge is 2.42. The predicted octanol–water partition coefficient (Wildman–Crippen LogP) is 0.540. The SMILES string of the molecule is CC(N)C(=O)N1C[C@@H]2COc3c(cn(C)c3C(=O)Nc3cc(F)c(F)c(F)c3)S(=O)(=O)N[C@@H]2C1. The molecule has 2 amide bonds. The Balaban J connectivity index is 1.64. The van der Waals surface area contributed by atoms with E-state index in [1.165, 1.54) is 29.6 Å². The van der Waals surface area contributed by atoms with Gasteiger partial charge in [-0.2, -0.15) is 0 Å². The van der Waals surface area contributed by atoms with E-state index in [2.05, 4.69) is 10.0 Å². The largest absolute Gasteiger partial charge is 0.489 e. The molecule has 34 heavy (non-hydrogen) atoms. The summed E-state index contributed by atoms with van der Waals surface area (Å²) in [5.41, 5.74) is 5.05. The van der Waals surface area contributed by atoms with Gasteiger partial charge in [-0.25, -0.2) is 26.3 Å². The van der Waals surface area contributed by atoms with Crippen LogP contribution in [0.25, 0.3) is 0 Å². The van der Waals surface area contributed by atoms with E-state index in [1.807, 2.05) is 0 Å². The molecule has 4 N–H and O–H groups in total. The molecular weight excluding hydrogens is 479 g/mol. The topological polar surface area (TPSA) is 136 Å². The Morgan fingerprint density at radius 3 is 2.50 bits per heavy atom. The fraction of sp³-hybridized carbons (Fsp3) is 0.400. The van der Waals surface area contributed by atoms with Crippen LogP contribution in [0.2, 0.25) is 0 Å². The van der Waals surface area contributed by atoms with Crippen molar-refractivity contribution < 1.29 is 35.9 Å². The Hall–Kier alpha value is -3.10. The van der Waals surface area contributed by atoms with Crippen LogP contribution in [0.1, 0.15) is 17.4 Å². The number of amides is 2. The number of rotatable bonds is 3. The second kappa shape index (κ2) is 8.60. The third-order valence-corrected chi connectivity index (χ3v) is 7.22. The van der Waals surface area contributed by atoms with Crippen LogP contribution in [0, 0.1) is 23.4 Å². The molecule has 1 aromatic carbocycles. The molecule has 184 valence electrons. The smallest absolute Gasteiger partial charge is 0.276 e. The number of sulfonamides is 1. The van der Waals surface area contributed by atoms with E-state index in [-0.39, 0.29) is 47.6 Å². The summed E-state index contributed by atoms with van der Waals surface area (Å²) in [6.45, 7) is 1.83. The standard InChI is InChI=1S/C20H22F3N5O5S/c1-9(24)20(30)28-5-10-8-33-18-15(34(31,32)26-14(10)6-28)7-27(2)17(18)19(29)25-11-3-12(21)16(23)13(22)4-11/h3-4,7,9-10,14,26H,5-6,8,24H2,1-2H3,(H,25,29)/t9?,10-,14-/m1/s1. The molecule has 0 spiro atoms. The molecule has 14 heteroatoms. The van der Waals surface area contributed by atoms with E-state index in [0.29, 0.717) is 12.1 Å². The molecule has 1 aromatic heterocycles. The minimum absolute atomic E-state index is 0.0208. The first-order valence-electron chi connectivity index (χ1n) is 10.2. The van der Waals surface area contributed by atoms with Crippen LogP contribution in [-0.4, -0.2) is 61.5 Å². The molecule has 0 bridgehead atoms. The first-order chi connectivity index (χ1) is 15.9. The van der Waals surface area contributed by atoms with Crippen molar-refractivity contribution in [1.29, 1.82) is 0 Å². The number of hydrogen-bond acceptors (Lipinski definition) is 6. The van der Waals surface area contributed by atoms with Gasteiger partial charge in [0.1, 0.15) is 4.90 Å². The highest BCUT2D eigenvalue weighted by Crippen LogP contribution is 2.35. The second-order valence-corrected chi connectivity index (χ2v) is 10.0. The lowest BCUT2D eigenvalue weighted by Gasteiger charge is -2.23. The molecule has 0 saturated carbocycles. The van der Waals surface area contributed by atoms with Gasteiger partial charge in [0.15, 0.2) is 28.9 Å². The summed E-state index contributed by atoms with van der Waals surface area (Å²) >= 11 is 0. The third-order valence-electron chi connectivity index (χ3n) is 5.74. The molecule has 2 aliphatic heterocycles. The van der Waals surface area contributed by atoms with E-state index in [0.717, 1.165) is 0 Å². The van der Waals surface area contributed by atoms with Gasteiger partial charge in [0, 0.05) is 56.1 Å². The number of likely N-dealkylation sites (tertiary alicyclic amines) is 1. The number of carbonyl (C=O) groups is 2. The lowest BCUT2D eigenvalue weighted by atomic mass is 10.1. The van der Waals surface area contributed by atoms with Crippen LogP contribution in [0.5, 0.6) is 5.75 Å². The summed E-state index contributed by atoms with van der Waals surface area (Å²) < 4.78 is 75.9. The number of aromatic nitrogens is 1. The zero-order chi connectivity index (χ0) is 24.9. The Bertz CT molecular complexity index is 1260. The Labute approximate surface area is 192 Å². The lowest BCUT2D eigenvalue weighted by Crippen LogP contribution is -2.44. The first-order valence-corrected chi connectivity index (χ1v) is 11.7. The molecule has 1 saturated heterocycles. The van der Waals surface area contributed by atoms with Gasteiger partial charge in [0.25, 0.3) is 5.91 Å². The minimum Gasteiger partial charge on any atom is -0.489 e. The van der Waals surface area contributed by atoms with Crippen LogP contribution >= 0.6 is 0 Å². The van der Waals surface area contributed by atoms with Gasteiger partial charge in [0.2, 0.25) is 15.9 Å².